The molecule has 0 amide bonds. The maximum absolute atomic E-state index is 13.3. The molecular weight excluding hydrogens is 378 g/mol. The summed E-state index contributed by atoms with van der Waals surface area (Å²) < 4.78 is 28.3. The van der Waals surface area contributed by atoms with Crippen LogP contribution < -0.4 is 5.32 Å². The Morgan fingerprint density at radius 3 is 2.64 bits per heavy atom. The Morgan fingerprint density at radius 1 is 1.24 bits per heavy atom. The summed E-state index contributed by atoms with van der Waals surface area (Å²) in [7, 11) is -3.47. The van der Waals surface area contributed by atoms with Gasteiger partial charge in [-0.05, 0) is 44.9 Å². The number of aromatic nitrogens is 1. The van der Waals surface area contributed by atoms with Crippen molar-refractivity contribution in [2.75, 3.05) is 13.1 Å². The molecule has 2 aliphatic rings. The molecule has 1 saturated heterocycles. The molecule has 1 N–H and O–H groups in total. The second-order valence-corrected chi connectivity index (χ2v) is 9.24. The maximum Gasteiger partial charge on any atom is 0.243 e. The highest BCUT2D eigenvalue weighted by atomic mass is 35.5. The quantitative estimate of drug-likeness (QED) is 0.839. The fourth-order valence-corrected chi connectivity index (χ4v) is 6.01. The van der Waals surface area contributed by atoms with Crippen LogP contribution >= 0.6 is 23.7 Å². The zero-order chi connectivity index (χ0) is 16.7. The van der Waals surface area contributed by atoms with E-state index in [2.05, 4.69) is 10.3 Å². The van der Waals surface area contributed by atoms with Crippen LogP contribution in [0.5, 0.6) is 0 Å². The lowest BCUT2D eigenvalue weighted by Crippen LogP contribution is -2.43. The summed E-state index contributed by atoms with van der Waals surface area (Å²) in [6, 6.07) is 7.47. The molecule has 0 bridgehead atoms. The number of hydrogen-bond donors (Lipinski definition) is 1. The average Bonchev–Trinajstić information content (AvgIpc) is 3.06. The van der Waals surface area contributed by atoms with E-state index in [9.17, 15) is 8.42 Å². The molecule has 2 fully saturated rings. The number of hydrogen-bond acceptors (Lipinski definition) is 5. The van der Waals surface area contributed by atoms with E-state index in [1.54, 1.807) is 27.8 Å². The molecular formula is C17H22ClN3O2S2. The number of rotatable bonds is 5. The summed E-state index contributed by atoms with van der Waals surface area (Å²) >= 11 is 1.54. The summed E-state index contributed by atoms with van der Waals surface area (Å²) in [5.74, 6) is 0. The van der Waals surface area contributed by atoms with Crippen LogP contribution in [0.1, 0.15) is 25.0 Å². The minimum absolute atomic E-state index is 0. The van der Waals surface area contributed by atoms with Crippen molar-refractivity contribution < 1.29 is 8.42 Å². The predicted molar refractivity (Wildman–Crippen MR) is 103 cm³/mol. The molecule has 0 radical (unpaired) electrons. The lowest BCUT2D eigenvalue weighted by atomic mass is 10.2. The van der Waals surface area contributed by atoms with Gasteiger partial charge in [-0.3, -0.25) is 0 Å². The van der Waals surface area contributed by atoms with Gasteiger partial charge in [0, 0.05) is 35.3 Å². The lowest BCUT2D eigenvalue weighted by Gasteiger charge is -2.27. The van der Waals surface area contributed by atoms with E-state index in [1.165, 1.54) is 0 Å². The van der Waals surface area contributed by atoms with Crippen LogP contribution in [0.4, 0.5) is 0 Å². The van der Waals surface area contributed by atoms with Gasteiger partial charge in [0.2, 0.25) is 10.0 Å². The fraction of sp³-hybridized carbons (Fsp3) is 0.471. The summed E-state index contributed by atoms with van der Waals surface area (Å²) in [5, 5.41) is 6.13. The van der Waals surface area contributed by atoms with E-state index in [1.807, 2.05) is 24.4 Å². The first-order valence-electron chi connectivity index (χ1n) is 8.32. The molecule has 1 aromatic carbocycles. The van der Waals surface area contributed by atoms with Gasteiger partial charge in [0.05, 0.1) is 4.90 Å². The van der Waals surface area contributed by atoms with Gasteiger partial charge in [-0.25, -0.2) is 13.4 Å². The number of sulfonamides is 1. The summed E-state index contributed by atoms with van der Waals surface area (Å²) in [4.78, 5) is 4.86. The van der Waals surface area contributed by atoms with Crippen molar-refractivity contribution >= 4 is 33.8 Å². The molecule has 1 aliphatic heterocycles. The summed E-state index contributed by atoms with van der Waals surface area (Å²) in [6.07, 6.45) is 2.84. The molecule has 1 aliphatic carbocycles. The highest BCUT2D eigenvalue weighted by Crippen LogP contribution is 2.36. The van der Waals surface area contributed by atoms with Gasteiger partial charge in [-0.1, -0.05) is 12.1 Å². The third-order valence-corrected chi connectivity index (χ3v) is 7.59. The van der Waals surface area contributed by atoms with E-state index in [-0.39, 0.29) is 24.5 Å². The number of benzene rings is 1. The Morgan fingerprint density at radius 2 is 2.04 bits per heavy atom. The van der Waals surface area contributed by atoms with Crippen LogP contribution in [-0.2, 0) is 10.0 Å². The number of thiazole rings is 1. The molecule has 136 valence electrons. The molecule has 25 heavy (non-hydrogen) atoms. The van der Waals surface area contributed by atoms with Crippen molar-refractivity contribution in [3.05, 3.63) is 35.3 Å². The van der Waals surface area contributed by atoms with Crippen molar-refractivity contribution in [3.63, 3.8) is 0 Å². The molecule has 1 saturated carbocycles. The largest absolute Gasteiger partial charge is 0.315 e. The van der Waals surface area contributed by atoms with E-state index < -0.39 is 10.0 Å². The van der Waals surface area contributed by atoms with Gasteiger partial charge in [0.1, 0.15) is 5.01 Å². The molecule has 1 unspecified atom stereocenters. The molecule has 2 aromatic rings. The maximum atomic E-state index is 13.3. The molecule has 5 nitrogen and oxygen atoms in total. The van der Waals surface area contributed by atoms with Crippen molar-refractivity contribution in [1.29, 1.82) is 0 Å². The highest BCUT2D eigenvalue weighted by Gasteiger charge is 2.43. The highest BCUT2D eigenvalue weighted by molar-refractivity contribution is 7.89. The van der Waals surface area contributed by atoms with Gasteiger partial charge in [0.15, 0.2) is 0 Å². The third kappa shape index (κ3) is 3.75. The minimum Gasteiger partial charge on any atom is -0.315 e. The van der Waals surface area contributed by atoms with Gasteiger partial charge in [-0.2, -0.15) is 4.31 Å². The van der Waals surface area contributed by atoms with Crippen molar-refractivity contribution in [2.24, 2.45) is 0 Å². The number of nitrogens with one attached hydrogen (secondary N) is 1. The number of halogens is 1. The summed E-state index contributed by atoms with van der Waals surface area (Å²) in [5.41, 5.74) is 1.83. The van der Waals surface area contributed by atoms with Crippen molar-refractivity contribution in [1.82, 2.24) is 14.6 Å². The van der Waals surface area contributed by atoms with Crippen LogP contribution in [0.3, 0.4) is 0 Å². The van der Waals surface area contributed by atoms with Crippen LogP contribution in [0.15, 0.2) is 34.5 Å². The molecule has 4 rings (SSSR count). The van der Waals surface area contributed by atoms with Crippen LogP contribution in [0, 0.1) is 6.92 Å². The fourth-order valence-electron chi connectivity index (χ4n) is 3.27. The standard InChI is InChI=1S/C17H21N3O2S2.ClH/c1-12-11-23-17(19-12)13-3-2-4-16(9-13)24(21,22)20(14-5-6-14)15-7-8-18-10-15;/h2-4,9,11,14-15,18H,5-8,10H2,1H3;1H. The Balaban J connectivity index is 0.00000182. The first kappa shape index (κ1) is 18.8. The van der Waals surface area contributed by atoms with Crippen molar-refractivity contribution in [2.45, 2.75) is 43.2 Å². The Labute approximate surface area is 158 Å². The second kappa shape index (κ2) is 7.32. The topological polar surface area (TPSA) is 62.3 Å². The zero-order valence-corrected chi connectivity index (χ0v) is 16.5. The molecule has 0 spiro atoms. The first-order valence-corrected chi connectivity index (χ1v) is 10.6. The summed E-state index contributed by atoms with van der Waals surface area (Å²) in [6.45, 7) is 3.59. The predicted octanol–water partition coefficient (Wildman–Crippen LogP) is 3.06. The SMILES string of the molecule is Cc1csc(-c2cccc(S(=O)(=O)N(C3CC3)C3CCNC3)c2)n1.Cl. The average molecular weight is 400 g/mol. The van der Waals surface area contributed by atoms with E-state index in [4.69, 9.17) is 0 Å². The zero-order valence-electron chi connectivity index (χ0n) is 14.0. The first-order chi connectivity index (χ1) is 11.6. The molecule has 8 heteroatoms. The molecule has 1 aromatic heterocycles. The van der Waals surface area contributed by atoms with E-state index in [0.29, 0.717) is 4.90 Å². The monoisotopic (exact) mass is 399 g/mol. The Bertz CT molecular complexity index is 843. The van der Waals surface area contributed by atoms with Gasteiger partial charge < -0.3 is 5.32 Å². The molecule has 2 heterocycles. The Kier molecular flexibility index (Phi) is 5.51. The van der Waals surface area contributed by atoms with Gasteiger partial charge in [0.25, 0.3) is 0 Å². The van der Waals surface area contributed by atoms with E-state index in [0.717, 1.165) is 48.6 Å². The Hall–Kier alpha value is -0.990. The van der Waals surface area contributed by atoms with Gasteiger partial charge in [-0.15, -0.1) is 23.7 Å². The second-order valence-electron chi connectivity index (χ2n) is 6.53. The normalized spacial score (nSPS) is 20.6. The smallest absolute Gasteiger partial charge is 0.243 e. The van der Waals surface area contributed by atoms with Crippen LogP contribution in [0.2, 0.25) is 0 Å². The molecule has 1 atom stereocenters. The lowest BCUT2D eigenvalue weighted by molar-refractivity contribution is 0.327. The van der Waals surface area contributed by atoms with Gasteiger partial charge >= 0.3 is 0 Å². The third-order valence-electron chi connectivity index (χ3n) is 4.58. The van der Waals surface area contributed by atoms with Crippen molar-refractivity contribution in [3.8, 4) is 10.6 Å². The van der Waals surface area contributed by atoms with Crippen LogP contribution in [-0.4, -0.2) is 42.9 Å². The minimum atomic E-state index is -3.47. The van der Waals surface area contributed by atoms with E-state index >= 15 is 0 Å². The van der Waals surface area contributed by atoms with Crippen LogP contribution in [0.25, 0.3) is 10.6 Å². The number of nitrogens with zero attached hydrogens (tertiary/aromatic N) is 2. The number of aryl methyl sites for hydroxylation is 1.